The van der Waals surface area contributed by atoms with Gasteiger partial charge >= 0.3 is 0 Å². The minimum atomic E-state index is -0.910. The monoisotopic (exact) mass is 456 g/mol. The van der Waals surface area contributed by atoms with E-state index >= 15 is 0 Å². The summed E-state index contributed by atoms with van der Waals surface area (Å²) in [5, 5.41) is 12.1. The van der Waals surface area contributed by atoms with Crippen molar-refractivity contribution in [2.45, 2.75) is 26.1 Å². The average Bonchev–Trinajstić information content (AvgIpc) is 2.80. The number of hydrogen-bond acceptors (Lipinski definition) is 7. The maximum absolute atomic E-state index is 12.3. The lowest BCUT2D eigenvalue weighted by molar-refractivity contribution is -0.126. The van der Waals surface area contributed by atoms with Gasteiger partial charge < -0.3 is 30.2 Å². The van der Waals surface area contributed by atoms with Crippen molar-refractivity contribution >= 4 is 19.7 Å². The predicted octanol–water partition coefficient (Wildman–Crippen LogP) is 0.708. The average molecular weight is 456 g/mol. The van der Waals surface area contributed by atoms with Crippen molar-refractivity contribution in [2.75, 3.05) is 46.1 Å². The maximum Gasteiger partial charge on any atom is 0.251 e. The normalized spacial score (nSPS) is 11.0. The Morgan fingerprint density at radius 1 is 1.24 bits per heavy atom. The standard InChI is InChI=1S/C21H29BN6O5/c1-16(2)24-9-10-26-21(30)17-5-3-6-18(13-17)33-15-20(27-28-23)32-12-11-31-14-19(29)25-8-4-7-22/h3,5-6,13,16,20,24H,8-12,14-15H2,1-2H3,(H,25,29)(H,26,30). The zero-order valence-corrected chi connectivity index (χ0v) is 18.9. The zero-order chi connectivity index (χ0) is 24.3. The summed E-state index contributed by atoms with van der Waals surface area (Å²) in [4.78, 5) is 26.5. The third-order valence-electron chi connectivity index (χ3n) is 3.88. The number of rotatable bonds is 16. The fraction of sp³-hybridized carbons (Fsp3) is 0.524. The molecule has 2 amide bonds. The molecule has 33 heavy (non-hydrogen) atoms. The number of carbonyl (C=O) groups excluding carboxylic acids is 2. The lowest BCUT2D eigenvalue weighted by atomic mass is 10.2. The smallest absolute Gasteiger partial charge is 0.251 e. The molecule has 12 heteroatoms. The third-order valence-corrected chi connectivity index (χ3v) is 3.88. The van der Waals surface area contributed by atoms with E-state index in [1.54, 1.807) is 24.3 Å². The Hall–Kier alpha value is -3.23. The van der Waals surface area contributed by atoms with Crippen LogP contribution in [0.5, 0.6) is 5.75 Å². The summed E-state index contributed by atoms with van der Waals surface area (Å²) in [5.41, 5.74) is 9.17. The number of benzene rings is 1. The highest BCUT2D eigenvalue weighted by Crippen LogP contribution is 2.14. The highest BCUT2D eigenvalue weighted by Gasteiger charge is 2.11. The Morgan fingerprint density at radius 3 is 2.79 bits per heavy atom. The van der Waals surface area contributed by atoms with Crippen LogP contribution in [0.4, 0.5) is 0 Å². The summed E-state index contributed by atoms with van der Waals surface area (Å²) >= 11 is 0. The fourth-order valence-corrected chi connectivity index (χ4v) is 2.36. The molecule has 1 aromatic carbocycles. The van der Waals surface area contributed by atoms with Gasteiger partial charge in [-0.05, 0) is 23.7 Å². The van der Waals surface area contributed by atoms with Gasteiger partial charge in [-0.2, -0.15) is 5.82 Å². The summed E-state index contributed by atoms with van der Waals surface area (Å²) in [6.07, 6.45) is -0.910. The molecule has 0 bridgehead atoms. The van der Waals surface area contributed by atoms with Gasteiger partial charge in [-0.15, -0.1) is 0 Å². The molecule has 2 radical (unpaired) electrons. The zero-order valence-electron chi connectivity index (χ0n) is 18.9. The van der Waals surface area contributed by atoms with Gasteiger partial charge in [-0.25, -0.2) is 0 Å². The number of nitrogens with zero attached hydrogens (tertiary/aromatic N) is 3. The van der Waals surface area contributed by atoms with Gasteiger partial charge in [0.15, 0.2) is 14.1 Å². The molecular weight excluding hydrogens is 427 g/mol. The van der Waals surface area contributed by atoms with Crippen LogP contribution < -0.4 is 20.7 Å². The second kappa shape index (κ2) is 17.3. The van der Waals surface area contributed by atoms with E-state index in [0.717, 1.165) is 0 Å². The van der Waals surface area contributed by atoms with Gasteiger partial charge in [-0.3, -0.25) is 9.59 Å². The summed E-state index contributed by atoms with van der Waals surface area (Å²) in [5.74, 6) is 4.53. The molecular formula is C21H29BN6O5. The topological polar surface area (TPSA) is 147 Å². The first-order chi connectivity index (χ1) is 16.0. The van der Waals surface area contributed by atoms with Crippen LogP contribution in [-0.2, 0) is 14.3 Å². The molecule has 0 heterocycles. The molecule has 0 aliphatic carbocycles. The minimum absolute atomic E-state index is 0.0638. The number of nitrogens with one attached hydrogen (secondary N) is 3. The molecule has 0 aliphatic heterocycles. The van der Waals surface area contributed by atoms with Crippen LogP contribution >= 0.6 is 0 Å². The number of azide groups is 1. The Bertz CT molecular complexity index is 851. The SMILES string of the molecule is [B]C#CCNC(=O)COCCOC(COc1cccc(C(=O)NCCNC(C)C)c1)N=[N+]=[N-]. The summed E-state index contributed by atoms with van der Waals surface area (Å²) in [6, 6.07) is 6.99. The first-order valence-electron chi connectivity index (χ1n) is 10.4. The van der Waals surface area contributed by atoms with Crippen LogP contribution in [0, 0.1) is 11.7 Å². The second-order valence-corrected chi connectivity index (χ2v) is 6.88. The summed E-state index contributed by atoms with van der Waals surface area (Å²) in [6.45, 7) is 5.33. The van der Waals surface area contributed by atoms with Crippen molar-refractivity contribution in [1.29, 1.82) is 0 Å². The largest absolute Gasteiger partial charge is 0.491 e. The summed E-state index contributed by atoms with van der Waals surface area (Å²) < 4.78 is 16.2. The van der Waals surface area contributed by atoms with Gasteiger partial charge in [0.1, 0.15) is 19.0 Å². The van der Waals surface area contributed by atoms with Gasteiger partial charge in [-0.1, -0.05) is 30.9 Å². The molecule has 1 unspecified atom stereocenters. The van der Waals surface area contributed by atoms with Gasteiger partial charge in [0, 0.05) is 29.6 Å². The second-order valence-electron chi connectivity index (χ2n) is 6.88. The van der Waals surface area contributed by atoms with Crippen molar-refractivity contribution in [1.82, 2.24) is 16.0 Å². The molecule has 1 aromatic rings. The van der Waals surface area contributed by atoms with Crippen LogP contribution in [0.2, 0.25) is 0 Å². The Balaban J connectivity index is 2.39. The molecule has 0 saturated carbocycles. The number of carbonyl (C=O) groups is 2. The first kappa shape index (κ1) is 27.8. The molecule has 1 atom stereocenters. The van der Waals surface area contributed by atoms with Crippen LogP contribution in [0.25, 0.3) is 10.4 Å². The van der Waals surface area contributed by atoms with E-state index in [4.69, 9.17) is 27.6 Å². The van der Waals surface area contributed by atoms with Gasteiger partial charge in [0.05, 0.1) is 19.8 Å². The van der Waals surface area contributed by atoms with Crippen molar-refractivity contribution in [2.24, 2.45) is 5.11 Å². The van der Waals surface area contributed by atoms with E-state index in [9.17, 15) is 9.59 Å². The van der Waals surface area contributed by atoms with Crippen molar-refractivity contribution in [3.8, 4) is 17.5 Å². The molecule has 1 rings (SSSR count). The third kappa shape index (κ3) is 13.7. The summed E-state index contributed by atoms with van der Waals surface area (Å²) in [7, 11) is 5.00. The van der Waals surface area contributed by atoms with E-state index in [0.29, 0.717) is 30.4 Å². The number of hydrogen-bond donors (Lipinski definition) is 3. The van der Waals surface area contributed by atoms with Gasteiger partial charge in [0.25, 0.3) is 5.91 Å². The molecule has 11 nitrogen and oxygen atoms in total. The molecule has 176 valence electrons. The van der Waals surface area contributed by atoms with Crippen LogP contribution in [0.3, 0.4) is 0 Å². The molecule has 0 aromatic heterocycles. The van der Waals surface area contributed by atoms with E-state index < -0.39 is 6.23 Å². The Morgan fingerprint density at radius 2 is 2.06 bits per heavy atom. The quantitative estimate of drug-likeness (QED) is 0.0834. The molecule has 0 spiro atoms. The lowest BCUT2D eigenvalue weighted by Crippen LogP contribution is -2.34. The van der Waals surface area contributed by atoms with Crippen molar-refractivity contribution < 1.29 is 23.8 Å². The van der Waals surface area contributed by atoms with E-state index in [-0.39, 0.29) is 44.8 Å². The maximum atomic E-state index is 12.3. The Labute approximate surface area is 195 Å². The van der Waals surface area contributed by atoms with Crippen LogP contribution in [-0.4, -0.2) is 78.0 Å². The number of amides is 2. The van der Waals surface area contributed by atoms with E-state index in [1.165, 1.54) is 0 Å². The highest BCUT2D eigenvalue weighted by atomic mass is 16.6. The van der Waals surface area contributed by atoms with Crippen LogP contribution in [0.15, 0.2) is 29.4 Å². The van der Waals surface area contributed by atoms with E-state index in [2.05, 4.69) is 37.7 Å². The number of ether oxygens (including phenoxy) is 3. The fourth-order valence-electron chi connectivity index (χ4n) is 2.36. The lowest BCUT2D eigenvalue weighted by Gasteiger charge is -2.15. The molecule has 0 saturated heterocycles. The van der Waals surface area contributed by atoms with E-state index in [1.807, 2.05) is 13.8 Å². The minimum Gasteiger partial charge on any atom is -0.491 e. The van der Waals surface area contributed by atoms with Crippen molar-refractivity contribution in [3.63, 3.8) is 0 Å². The Kier molecular flexibility index (Phi) is 14.6. The predicted molar refractivity (Wildman–Crippen MR) is 124 cm³/mol. The van der Waals surface area contributed by atoms with Gasteiger partial charge in [0.2, 0.25) is 5.91 Å². The van der Waals surface area contributed by atoms with Crippen molar-refractivity contribution in [3.05, 3.63) is 40.3 Å². The molecule has 0 aliphatic rings. The molecule has 0 fully saturated rings. The molecule has 3 N–H and O–H groups in total. The van der Waals surface area contributed by atoms with Crippen LogP contribution in [0.1, 0.15) is 24.2 Å². The highest BCUT2D eigenvalue weighted by molar-refractivity contribution is 6.22. The first-order valence-corrected chi connectivity index (χ1v) is 10.4.